The van der Waals surface area contributed by atoms with Crippen molar-refractivity contribution >= 4 is 17.9 Å². The lowest BCUT2D eigenvalue weighted by atomic mass is 10.2. The summed E-state index contributed by atoms with van der Waals surface area (Å²) < 4.78 is 16.1. The number of imide groups is 1. The molecule has 0 aliphatic rings. The first-order valence-electron chi connectivity index (χ1n) is 8.51. The predicted molar refractivity (Wildman–Crippen MR) is 95.4 cm³/mol. The van der Waals surface area contributed by atoms with Gasteiger partial charge in [0.05, 0.1) is 18.8 Å². The zero-order chi connectivity index (χ0) is 19.5. The summed E-state index contributed by atoms with van der Waals surface area (Å²) in [5.41, 5.74) is 0.219. The number of ether oxygens (including phenoxy) is 3. The molecule has 0 saturated carbocycles. The van der Waals surface area contributed by atoms with Crippen LogP contribution >= 0.6 is 0 Å². The summed E-state index contributed by atoms with van der Waals surface area (Å²) >= 11 is 0. The fourth-order valence-electron chi connectivity index (χ4n) is 1.86. The maximum absolute atomic E-state index is 12.1. The van der Waals surface area contributed by atoms with E-state index in [0.29, 0.717) is 37.2 Å². The molecule has 8 nitrogen and oxygen atoms in total. The Morgan fingerprint density at radius 3 is 2.42 bits per heavy atom. The summed E-state index contributed by atoms with van der Waals surface area (Å²) in [6, 6.07) is 4.02. The number of hydrogen-bond donors (Lipinski definition) is 2. The van der Waals surface area contributed by atoms with Gasteiger partial charge in [-0.3, -0.25) is 10.1 Å². The van der Waals surface area contributed by atoms with Gasteiger partial charge in [-0.2, -0.15) is 0 Å². The van der Waals surface area contributed by atoms with Crippen LogP contribution in [0, 0.1) is 5.92 Å². The van der Waals surface area contributed by atoms with Crippen molar-refractivity contribution in [3.05, 3.63) is 23.8 Å². The van der Waals surface area contributed by atoms with Crippen LogP contribution in [-0.4, -0.2) is 44.3 Å². The van der Waals surface area contributed by atoms with E-state index < -0.39 is 24.5 Å². The first-order chi connectivity index (χ1) is 12.4. The highest BCUT2D eigenvalue weighted by atomic mass is 16.5. The van der Waals surface area contributed by atoms with Gasteiger partial charge in [0.25, 0.3) is 5.91 Å². The number of carbonyl (C=O) groups is 3. The average molecular weight is 366 g/mol. The molecule has 1 aromatic carbocycles. The maximum atomic E-state index is 12.1. The minimum atomic E-state index is -0.716. The third kappa shape index (κ3) is 7.42. The highest BCUT2D eigenvalue weighted by molar-refractivity contribution is 5.97. The molecule has 1 aromatic rings. The molecule has 8 heteroatoms. The molecule has 0 aliphatic heterocycles. The number of nitrogens with one attached hydrogen (secondary N) is 2. The zero-order valence-electron chi connectivity index (χ0n) is 15.6. The first kappa shape index (κ1) is 21.3. The predicted octanol–water partition coefficient (Wildman–Crippen LogP) is 2.12. The number of carbonyl (C=O) groups excluding carboxylic acids is 3. The minimum absolute atomic E-state index is 0.219. The van der Waals surface area contributed by atoms with Crippen LogP contribution in [0.1, 0.15) is 38.1 Å². The number of hydrogen-bond acceptors (Lipinski definition) is 6. The largest absolute Gasteiger partial charge is 0.490 e. The van der Waals surface area contributed by atoms with Crippen LogP contribution in [0.4, 0.5) is 4.79 Å². The molecule has 0 unspecified atom stereocenters. The Morgan fingerprint density at radius 2 is 1.81 bits per heavy atom. The first-order valence-corrected chi connectivity index (χ1v) is 8.51. The fourth-order valence-corrected chi connectivity index (χ4v) is 1.86. The van der Waals surface area contributed by atoms with Crippen LogP contribution in [0.3, 0.4) is 0 Å². The van der Waals surface area contributed by atoms with Crippen LogP contribution < -0.4 is 20.1 Å². The molecule has 0 bridgehead atoms. The maximum Gasteiger partial charge on any atom is 0.338 e. The Hall–Kier alpha value is -2.77. The summed E-state index contributed by atoms with van der Waals surface area (Å²) in [7, 11) is 0. The van der Waals surface area contributed by atoms with Gasteiger partial charge >= 0.3 is 12.0 Å². The monoisotopic (exact) mass is 366 g/mol. The van der Waals surface area contributed by atoms with Gasteiger partial charge in [0.1, 0.15) is 0 Å². The number of esters is 1. The van der Waals surface area contributed by atoms with Crippen LogP contribution in [0.15, 0.2) is 18.2 Å². The summed E-state index contributed by atoms with van der Waals surface area (Å²) in [5, 5.41) is 4.45. The fraction of sp³-hybridized carbons (Fsp3) is 0.500. The molecule has 0 fully saturated rings. The summed E-state index contributed by atoms with van der Waals surface area (Å²) in [5.74, 6) is -0.114. The van der Waals surface area contributed by atoms with Gasteiger partial charge in [0.2, 0.25) is 0 Å². The van der Waals surface area contributed by atoms with Crippen molar-refractivity contribution in [1.29, 1.82) is 0 Å². The molecule has 0 aliphatic carbocycles. The van der Waals surface area contributed by atoms with Crippen molar-refractivity contribution in [3.63, 3.8) is 0 Å². The Bertz CT molecular complexity index is 630. The summed E-state index contributed by atoms with van der Waals surface area (Å²) in [6.45, 7) is 8.33. The molecular weight excluding hydrogens is 340 g/mol. The van der Waals surface area contributed by atoms with Crippen LogP contribution in [0.2, 0.25) is 0 Å². The van der Waals surface area contributed by atoms with Gasteiger partial charge in [0.15, 0.2) is 18.1 Å². The Kier molecular flexibility index (Phi) is 8.97. The molecule has 144 valence electrons. The average Bonchev–Trinajstić information content (AvgIpc) is 2.58. The number of rotatable bonds is 9. The van der Waals surface area contributed by atoms with E-state index in [9.17, 15) is 14.4 Å². The molecule has 0 radical (unpaired) electrons. The lowest BCUT2D eigenvalue weighted by molar-refractivity contribution is -0.123. The third-order valence-electron chi connectivity index (χ3n) is 2.98. The Balaban J connectivity index is 2.69. The van der Waals surface area contributed by atoms with E-state index >= 15 is 0 Å². The van der Waals surface area contributed by atoms with Crippen molar-refractivity contribution in [2.24, 2.45) is 5.92 Å². The number of benzene rings is 1. The Morgan fingerprint density at radius 1 is 1.08 bits per heavy atom. The second-order valence-corrected chi connectivity index (χ2v) is 5.78. The third-order valence-corrected chi connectivity index (χ3v) is 2.98. The number of urea groups is 1. The molecule has 3 amide bonds. The normalized spacial score (nSPS) is 10.2. The van der Waals surface area contributed by atoms with Crippen molar-refractivity contribution in [1.82, 2.24) is 10.6 Å². The number of amides is 3. The Labute approximate surface area is 153 Å². The van der Waals surface area contributed by atoms with Gasteiger partial charge in [0, 0.05) is 6.54 Å². The van der Waals surface area contributed by atoms with Crippen molar-refractivity contribution in [3.8, 4) is 11.5 Å². The minimum Gasteiger partial charge on any atom is -0.490 e. The van der Waals surface area contributed by atoms with E-state index in [1.54, 1.807) is 13.0 Å². The van der Waals surface area contributed by atoms with Crippen molar-refractivity contribution in [2.45, 2.75) is 27.7 Å². The lowest BCUT2D eigenvalue weighted by Crippen LogP contribution is -2.41. The highest BCUT2D eigenvalue weighted by Gasteiger charge is 2.15. The van der Waals surface area contributed by atoms with E-state index in [4.69, 9.17) is 14.2 Å². The van der Waals surface area contributed by atoms with Gasteiger partial charge in [-0.05, 0) is 38.0 Å². The van der Waals surface area contributed by atoms with E-state index in [-0.39, 0.29) is 5.56 Å². The lowest BCUT2D eigenvalue weighted by Gasteiger charge is -2.14. The summed E-state index contributed by atoms with van der Waals surface area (Å²) in [4.78, 5) is 34.9. The topological polar surface area (TPSA) is 103 Å². The smallest absolute Gasteiger partial charge is 0.338 e. The highest BCUT2D eigenvalue weighted by Crippen LogP contribution is 2.29. The van der Waals surface area contributed by atoms with Gasteiger partial charge < -0.3 is 19.5 Å². The van der Waals surface area contributed by atoms with Crippen LogP contribution in [0.25, 0.3) is 0 Å². The molecular formula is C18H26N2O6. The van der Waals surface area contributed by atoms with Crippen molar-refractivity contribution < 1.29 is 28.6 Å². The molecule has 26 heavy (non-hydrogen) atoms. The van der Waals surface area contributed by atoms with E-state index in [1.807, 2.05) is 26.1 Å². The van der Waals surface area contributed by atoms with Gasteiger partial charge in [-0.15, -0.1) is 0 Å². The second-order valence-electron chi connectivity index (χ2n) is 5.78. The van der Waals surface area contributed by atoms with Gasteiger partial charge in [-0.1, -0.05) is 13.8 Å². The quantitative estimate of drug-likeness (QED) is 0.649. The molecule has 0 heterocycles. The molecule has 0 atom stereocenters. The van der Waals surface area contributed by atoms with Crippen LogP contribution in [-0.2, 0) is 9.53 Å². The molecule has 0 saturated heterocycles. The zero-order valence-corrected chi connectivity index (χ0v) is 15.6. The van der Waals surface area contributed by atoms with Crippen molar-refractivity contribution in [2.75, 3.05) is 26.4 Å². The molecule has 1 rings (SSSR count). The van der Waals surface area contributed by atoms with E-state index in [1.165, 1.54) is 12.1 Å². The second kappa shape index (κ2) is 11.0. The summed E-state index contributed by atoms with van der Waals surface area (Å²) in [6.07, 6.45) is 0. The standard InChI is InChI=1S/C18H26N2O6/c1-5-19-18(23)20-16(21)11-26-17(22)13-7-8-14(25-10-12(3)4)15(9-13)24-6-2/h7-9,12H,5-6,10-11H2,1-4H3,(H2,19,20,21,23). The van der Waals surface area contributed by atoms with Gasteiger partial charge in [-0.25, -0.2) is 9.59 Å². The SMILES string of the molecule is CCNC(=O)NC(=O)COC(=O)c1ccc(OCC(C)C)c(OCC)c1. The van der Waals surface area contributed by atoms with E-state index in [0.717, 1.165) is 0 Å². The molecule has 0 aromatic heterocycles. The molecule has 0 spiro atoms. The molecule has 2 N–H and O–H groups in total. The van der Waals surface area contributed by atoms with E-state index in [2.05, 4.69) is 5.32 Å². The van der Waals surface area contributed by atoms with Crippen LogP contribution in [0.5, 0.6) is 11.5 Å².